The molecule has 2 N–H and O–H groups in total. The van der Waals surface area contributed by atoms with Gasteiger partial charge >= 0.3 is 18.2 Å². The molecule has 0 radical (unpaired) electrons. The summed E-state index contributed by atoms with van der Waals surface area (Å²) in [7, 11) is -4.72. The smallest absolute Gasteiger partial charge is 0.419 e. The van der Waals surface area contributed by atoms with Gasteiger partial charge in [-0.15, -0.1) is 0 Å². The maximum Gasteiger partial charge on any atom is 0.419 e. The number of alkyl halides is 3. The van der Waals surface area contributed by atoms with E-state index in [0.717, 1.165) is 47.4 Å². The minimum atomic E-state index is -5.09. The predicted octanol–water partition coefficient (Wildman–Crippen LogP) is 5.28. The number of imide groups is 1. The van der Waals surface area contributed by atoms with Crippen molar-refractivity contribution in [2.75, 3.05) is 15.5 Å². The van der Waals surface area contributed by atoms with Crippen molar-refractivity contribution in [1.29, 1.82) is 0 Å². The van der Waals surface area contributed by atoms with Gasteiger partial charge in [-0.2, -0.15) is 13.2 Å². The Balaban J connectivity index is 1.59. The van der Waals surface area contributed by atoms with Crippen LogP contribution >= 0.6 is 0 Å². The summed E-state index contributed by atoms with van der Waals surface area (Å²) in [5.74, 6) is -3.28. The number of anilines is 3. The molecular weight excluding hydrogens is 591 g/mol. The number of hydrogen-bond donors (Lipinski definition) is 2. The van der Waals surface area contributed by atoms with E-state index < -0.39 is 74.1 Å². The van der Waals surface area contributed by atoms with Crippen LogP contribution in [-0.2, 0) is 27.6 Å². The zero-order valence-corrected chi connectivity index (χ0v) is 22.4. The number of nitrogens with one attached hydrogen (secondary N) is 2. The van der Waals surface area contributed by atoms with E-state index in [1.54, 1.807) is 0 Å². The first-order valence-electron chi connectivity index (χ1n) is 11.8. The summed E-state index contributed by atoms with van der Waals surface area (Å²) < 4.78 is 101. The van der Waals surface area contributed by atoms with Crippen LogP contribution in [0.25, 0.3) is 0 Å². The van der Waals surface area contributed by atoms with Gasteiger partial charge in [0.1, 0.15) is 27.3 Å². The zero-order chi connectivity index (χ0) is 31.2. The lowest BCUT2D eigenvalue weighted by Gasteiger charge is -2.28. The highest BCUT2D eigenvalue weighted by Gasteiger charge is 2.52. The Labute approximate surface area is 235 Å². The van der Waals surface area contributed by atoms with E-state index in [9.17, 15) is 49.3 Å². The standard InChI is InChI=1S/C26H21F5N4O6S/c1-25(2)22(36)35(17-7-10-20(28)19(12-17)26(29,30)31)24(38)34(25)13-14-3-4-15(27)11-21(14)33-23(37)32-16-5-8-18(9-6-16)42(39,40)41/h3-12H,13H2,1-2H3,(H2,32,33,37)(H,39,40,41)/p-1. The van der Waals surface area contributed by atoms with Crippen molar-refractivity contribution in [3.8, 4) is 0 Å². The molecule has 3 aromatic carbocycles. The van der Waals surface area contributed by atoms with Crippen LogP contribution < -0.4 is 15.5 Å². The largest absolute Gasteiger partial charge is 0.744 e. The van der Waals surface area contributed by atoms with E-state index in [0.29, 0.717) is 17.0 Å². The molecule has 10 nitrogen and oxygen atoms in total. The molecule has 0 saturated carbocycles. The van der Waals surface area contributed by atoms with Crippen LogP contribution in [-0.4, -0.2) is 41.4 Å². The van der Waals surface area contributed by atoms with Gasteiger partial charge in [-0.3, -0.25) is 4.79 Å². The summed E-state index contributed by atoms with van der Waals surface area (Å²) in [5.41, 5.74) is -3.74. The highest BCUT2D eigenvalue weighted by molar-refractivity contribution is 7.85. The van der Waals surface area contributed by atoms with Crippen LogP contribution in [0, 0.1) is 11.6 Å². The van der Waals surface area contributed by atoms with Crippen molar-refractivity contribution < 1.29 is 49.3 Å². The Kier molecular flexibility index (Phi) is 7.73. The monoisotopic (exact) mass is 611 g/mol. The molecule has 222 valence electrons. The van der Waals surface area contributed by atoms with Crippen molar-refractivity contribution in [2.45, 2.75) is 37.0 Å². The van der Waals surface area contributed by atoms with E-state index in [2.05, 4.69) is 10.6 Å². The average Bonchev–Trinajstić information content (AvgIpc) is 3.04. The van der Waals surface area contributed by atoms with Crippen LogP contribution in [0.4, 0.5) is 48.6 Å². The Morgan fingerprint density at radius 3 is 2.19 bits per heavy atom. The van der Waals surface area contributed by atoms with Gasteiger partial charge in [-0.1, -0.05) is 6.07 Å². The fourth-order valence-electron chi connectivity index (χ4n) is 4.16. The quantitative estimate of drug-likeness (QED) is 0.221. The van der Waals surface area contributed by atoms with Gasteiger partial charge in [0.05, 0.1) is 28.4 Å². The number of benzene rings is 3. The summed E-state index contributed by atoms with van der Waals surface area (Å²) in [6.45, 7) is 2.25. The van der Waals surface area contributed by atoms with E-state index in [1.165, 1.54) is 19.9 Å². The first-order valence-corrected chi connectivity index (χ1v) is 13.3. The Morgan fingerprint density at radius 2 is 1.60 bits per heavy atom. The molecule has 0 bridgehead atoms. The minimum absolute atomic E-state index is 0.0764. The first-order chi connectivity index (χ1) is 19.4. The molecule has 0 atom stereocenters. The number of amides is 5. The molecule has 0 aromatic heterocycles. The number of rotatable bonds is 6. The van der Waals surface area contributed by atoms with Crippen molar-refractivity contribution in [1.82, 2.24) is 4.90 Å². The lowest BCUT2D eigenvalue weighted by atomic mass is 10.0. The molecule has 0 unspecified atom stereocenters. The highest BCUT2D eigenvalue weighted by atomic mass is 32.2. The summed E-state index contributed by atoms with van der Waals surface area (Å²) in [4.78, 5) is 40.1. The Hall–Kier alpha value is -4.57. The summed E-state index contributed by atoms with van der Waals surface area (Å²) in [5, 5.41) is 4.73. The van der Waals surface area contributed by atoms with E-state index in [-0.39, 0.29) is 16.9 Å². The fourth-order valence-corrected chi connectivity index (χ4v) is 4.63. The molecule has 1 saturated heterocycles. The number of hydrogen-bond acceptors (Lipinski definition) is 6. The predicted molar refractivity (Wildman–Crippen MR) is 137 cm³/mol. The third-order valence-electron chi connectivity index (χ3n) is 6.39. The maximum atomic E-state index is 14.1. The Morgan fingerprint density at radius 1 is 0.952 bits per heavy atom. The molecule has 1 heterocycles. The highest BCUT2D eigenvalue weighted by Crippen LogP contribution is 2.38. The van der Waals surface area contributed by atoms with Crippen LogP contribution in [0.3, 0.4) is 0 Å². The molecule has 42 heavy (non-hydrogen) atoms. The number of nitrogens with zero attached hydrogens (tertiary/aromatic N) is 2. The van der Waals surface area contributed by atoms with Crippen LogP contribution in [0.1, 0.15) is 25.0 Å². The second-order valence-electron chi connectivity index (χ2n) is 9.59. The molecule has 4 rings (SSSR count). The van der Waals surface area contributed by atoms with Gasteiger partial charge in [0, 0.05) is 5.69 Å². The third kappa shape index (κ3) is 6.03. The minimum Gasteiger partial charge on any atom is -0.744 e. The van der Waals surface area contributed by atoms with Crippen LogP contribution in [0.2, 0.25) is 0 Å². The van der Waals surface area contributed by atoms with Gasteiger partial charge in [0.2, 0.25) is 0 Å². The van der Waals surface area contributed by atoms with Gasteiger partial charge < -0.3 is 20.1 Å². The molecule has 1 fully saturated rings. The van der Waals surface area contributed by atoms with E-state index in [1.807, 2.05) is 0 Å². The molecule has 5 amide bonds. The average molecular weight is 612 g/mol. The lowest BCUT2D eigenvalue weighted by molar-refractivity contribution is -0.140. The number of carbonyl (C=O) groups is 3. The number of carbonyl (C=O) groups excluding carboxylic acids is 3. The molecule has 1 aliphatic heterocycles. The normalized spacial score (nSPS) is 15.2. The third-order valence-corrected chi connectivity index (χ3v) is 7.24. The van der Waals surface area contributed by atoms with Crippen molar-refractivity contribution in [2.24, 2.45) is 0 Å². The second kappa shape index (κ2) is 10.7. The molecule has 0 aliphatic carbocycles. The molecule has 0 spiro atoms. The Bertz CT molecular complexity index is 1690. The SMILES string of the molecule is CC1(C)C(=O)N(c2ccc(F)c(C(F)(F)F)c2)C(=O)N1Cc1ccc(F)cc1NC(=O)Nc1ccc(S(=O)(=O)[O-])cc1. The van der Waals surface area contributed by atoms with Gasteiger partial charge in [-0.05, 0) is 74.0 Å². The topological polar surface area (TPSA) is 139 Å². The summed E-state index contributed by atoms with van der Waals surface area (Å²) >= 11 is 0. The molecular formula is C26H20F5N4O6S-. The fraction of sp³-hybridized carbons (Fsp3) is 0.192. The number of urea groups is 2. The molecule has 16 heteroatoms. The van der Waals surface area contributed by atoms with Gasteiger partial charge in [-0.25, -0.2) is 31.7 Å². The summed E-state index contributed by atoms with van der Waals surface area (Å²) in [6.07, 6.45) is -5.09. The molecule has 3 aromatic rings. The van der Waals surface area contributed by atoms with Crippen molar-refractivity contribution in [3.63, 3.8) is 0 Å². The maximum absolute atomic E-state index is 14.1. The summed E-state index contributed by atoms with van der Waals surface area (Å²) in [6, 6.07) is 7.10. The van der Waals surface area contributed by atoms with Crippen molar-refractivity contribution >= 4 is 45.1 Å². The van der Waals surface area contributed by atoms with E-state index in [4.69, 9.17) is 0 Å². The second-order valence-corrected chi connectivity index (χ2v) is 11.0. The zero-order valence-electron chi connectivity index (χ0n) is 21.6. The first kappa shape index (κ1) is 30.4. The van der Waals surface area contributed by atoms with Gasteiger partial charge in [0.15, 0.2) is 0 Å². The van der Waals surface area contributed by atoms with Crippen LogP contribution in [0.15, 0.2) is 65.6 Å². The van der Waals surface area contributed by atoms with Gasteiger partial charge in [0.25, 0.3) is 5.91 Å². The molecule has 1 aliphatic rings. The number of halogens is 5. The van der Waals surface area contributed by atoms with Crippen molar-refractivity contribution in [3.05, 3.63) is 83.4 Å². The lowest BCUT2D eigenvalue weighted by Crippen LogP contribution is -2.43. The van der Waals surface area contributed by atoms with E-state index >= 15 is 0 Å². The van der Waals surface area contributed by atoms with Crippen LogP contribution in [0.5, 0.6) is 0 Å².